The Kier molecular flexibility index (Phi) is 5.43. The van der Waals surface area contributed by atoms with Gasteiger partial charge in [-0.15, -0.1) is 10.2 Å². The van der Waals surface area contributed by atoms with E-state index in [1.54, 1.807) is 6.92 Å². The van der Waals surface area contributed by atoms with E-state index in [4.69, 9.17) is 0 Å². The lowest BCUT2D eigenvalue weighted by atomic mass is 10.2. The van der Waals surface area contributed by atoms with Crippen molar-refractivity contribution in [1.29, 1.82) is 0 Å². The van der Waals surface area contributed by atoms with Crippen molar-refractivity contribution < 1.29 is 4.79 Å². The van der Waals surface area contributed by atoms with Crippen LogP contribution in [-0.2, 0) is 4.79 Å². The summed E-state index contributed by atoms with van der Waals surface area (Å²) in [5.41, 5.74) is 0.888. The molecule has 0 fully saturated rings. The van der Waals surface area contributed by atoms with E-state index in [2.05, 4.69) is 27.7 Å². The van der Waals surface area contributed by atoms with Gasteiger partial charge in [0.1, 0.15) is 6.04 Å². The van der Waals surface area contributed by atoms with Crippen molar-refractivity contribution in [2.75, 3.05) is 6.54 Å². The van der Waals surface area contributed by atoms with E-state index in [1.165, 1.54) is 4.80 Å². The van der Waals surface area contributed by atoms with Crippen LogP contribution in [0.1, 0.15) is 39.2 Å². The standard InChI is InChI=1S/C15H21N5O/c1-3-4-8-11-16-15(21)12(2)20-18-14(17-19-20)13-9-6-5-7-10-13/h5-7,9-10,12H,3-4,8,11H2,1-2H3,(H,16,21). The Labute approximate surface area is 124 Å². The van der Waals surface area contributed by atoms with Crippen molar-refractivity contribution in [2.45, 2.75) is 39.2 Å². The van der Waals surface area contributed by atoms with Crippen molar-refractivity contribution >= 4 is 5.91 Å². The molecule has 1 N–H and O–H groups in total. The Bertz CT molecular complexity index is 566. The molecule has 112 valence electrons. The van der Waals surface area contributed by atoms with Gasteiger partial charge in [-0.05, 0) is 18.6 Å². The summed E-state index contributed by atoms with van der Waals surface area (Å²) in [5.74, 6) is 0.448. The first-order chi connectivity index (χ1) is 10.2. The Morgan fingerprint density at radius 3 is 2.76 bits per heavy atom. The Morgan fingerprint density at radius 2 is 2.05 bits per heavy atom. The molecule has 0 radical (unpaired) electrons. The number of nitrogens with one attached hydrogen (secondary N) is 1. The maximum Gasteiger partial charge on any atom is 0.246 e. The summed E-state index contributed by atoms with van der Waals surface area (Å²) in [4.78, 5) is 13.4. The van der Waals surface area contributed by atoms with Gasteiger partial charge in [-0.3, -0.25) is 4.79 Å². The van der Waals surface area contributed by atoms with Gasteiger partial charge < -0.3 is 5.32 Å². The number of hydrogen-bond acceptors (Lipinski definition) is 4. The van der Waals surface area contributed by atoms with Crippen molar-refractivity contribution in [3.63, 3.8) is 0 Å². The van der Waals surface area contributed by atoms with Crippen LogP contribution in [0.5, 0.6) is 0 Å². The first-order valence-corrected chi connectivity index (χ1v) is 7.35. The zero-order valence-electron chi connectivity index (χ0n) is 12.5. The predicted molar refractivity (Wildman–Crippen MR) is 80.5 cm³/mol. The highest BCUT2D eigenvalue weighted by Crippen LogP contribution is 2.13. The Balaban J connectivity index is 1.95. The third kappa shape index (κ3) is 4.11. The number of aromatic nitrogens is 4. The van der Waals surface area contributed by atoms with E-state index in [1.807, 2.05) is 30.3 Å². The molecule has 1 aromatic heterocycles. The summed E-state index contributed by atoms with van der Waals surface area (Å²) in [6, 6.07) is 9.13. The topological polar surface area (TPSA) is 72.7 Å². The lowest BCUT2D eigenvalue weighted by Gasteiger charge is -2.10. The first-order valence-electron chi connectivity index (χ1n) is 7.35. The summed E-state index contributed by atoms with van der Waals surface area (Å²) in [7, 11) is 0. The van der Waals surface area contributed by atoms with Crippen molar-refractivity contribution in [3.8, 4) is 11.4 Å². The molecule has 6 heteroatoms. The summed E-state index contributed by atoms with van der Waals surface area (Å²) >= 11 is 0. The van der Waals surface area contributed by atoms with Crippen LogP contribution in [0.25, 0.3) is 11.4 Å². The van der Waals surface area contributed by atoms with E-state index in [-0.39, 0.29) is 5.91 Å². The zero-order valence-corrected chi connectivity index (χ0v) is 12.5. The third-order valence-electron chi connectivity index (χ3n) is 3.27. The second-order valence-electron chi connectivity index (χ2n) is 4.97. The average Bonchev–Trinajstić information content (AvgIpc) is 3.01. The number of nitrogens with zero attached hydrogens (tertiary/aromatic N) is 4. The smallest absolute Gasteiger partial charge is 0.246 e. The molecule has 21 heavy (non-hydrogen) atoms. The quantitative estimate of drug-likeness (QED) is 0.792. The number of carbonyl (C=O) groups is 1. The molecule has 0 spiro atoms. The van der Waals surface area contributed by atoms with Crippen LogP contribution in [-0.4, -0.2) is 32.7 Å². The molecule has 1 atom stereocenters. The lowest BCUT2D eigenvalue weighted by molar-refractivity contribution is -0.124. The van der Waals surface area contributed by atoms with Gasteiger partial charge in [-0.2, -0.15) is 4.80 Å². The number of unbranched alkanes of at least 4 members (excludes halogenated alkanes) is 2. The molecular weight excluding hydrogens is 266 g/mol. The summed E-state index contributed by atoms with van der Waals surface area (Å²) in [6.45, 7) is 4.59. The fourth-order valence-electron chi connectivity index (χ4n) is 1.93. The second kappa shape index (κ2) is 7.52. The molecule has 0 saturated carbocycles. The van der Waals surface area contributed by atoms with E-state index >= 15 is 0 Å². The van der Waals surface area contributed by atoms with Crippen molar-refractivity contribution in [2.24, 2.45) is 0 Å². The number of tetrazole rings is 1. The molecule has 0 aliphatic heterocycles. The van der Waals surface area contributed by atoms with E-state index in [0.29, 0.717) is 12.4 Å². The number of benzene rings is 1. The first kappa shape index (κ1) is 15.2. The highest BCUT2D eigenvalue weighted by Gasteiger charge is 2.18. The van der Waals surface area contributed by atoms with Crippen molar-refractivity contribution in [1.82, 2.24) is 25.5 Å². The third-order valence-corrected chi connectivity index (χ3v) is 3.27. The van der Waals surface area contributed by atoms with Crippen LogP contribution in [0.3, 0.4) is 0 Å². The Morgan fingerprint density at radius 1 is 1.29 bits per heavy atom. The molecule has 1 heterocycles. The maximum atomic E-state index is 12.0. The minimum atomic E-state index is -0.461. The van der Waals surface area contributed by atoms with Gasteiger partial charge >= 0.3 is 0 Å². The van der Waals surface area contributed by atoms with Crippen LogP contribution in [0.2, 0.25) is 0 Å². The van der Waals surface area contributed by atoms with Gasteiger partial charge in [-0.25, -0.2) is 0 Å². The fourth-order valence-corrected chi connectivity index (χ4v) is 1.93. The summed E-state index contributed by atoms with van der Waals surface area (Å²) < 4.78 is 0. The number of hydrogen-bond donors (Lipinski definition) is 1. The molecule has 6 nitrogen and oxygen atoms in total. The minimum absolute atomic E-state index is 0.0804. The molecule has 0 saturated heterocycles. The van der Waals surface area contributed by atoms with Gasteiger partial charge in [0.05, 0.1) is 0 Å². The molecule has 2 aromatic rings. The van der Waals surface area contributed by atoms with Crippen LogP contribution < -0.4 is 5.32 Å². The lowest BCUT2D eigenvalue weighted by Crippen LogP contribution is -2.32. The van der Waals surface area contributed by atoms with Gasteiger partial charge in [0.2, 0.25) is 11.7 Å². The second-order valence-corrected chi connectivity index (χ2v) is 4.97. The molecule has 1 amide bonds. The molecular formula is C15H21N5O. The van der Waals surface area contributed by atoms with Crippen LogP contribution in [0, 0.1) is 0 Å². The highest BCUT2D eigenvalue weighted by molar-refractivity contribution is 5.79. The van der Waals surface area contributed by atoms with Crippen molar-refractivity contribution in [3.05, 3.63) is 30.3 Å². The van der Waals surface area contributed by atoms with Gasteiger partial charge in [-0.1, -0.05) is 50.1 Å². The van der Waals surface area contributed by atoms with Gasteiger partial charge in [0, 0.05) is 12.1 Å². The number of rotatable bonds is 7. The molecule has 1 unspecified atom stereocenters. The SMILES string of the molecule is CCCCCNC(=O)C(C)n1nnc(-c2ccccc2)n1. The summed E-state index contributed by atoms with van der Waals surface area (Å²) in [5, 5.41) is 15.2. The number of carbonyl (C=O) groups excluding carboxylic acids is 1. The molecule has 2 rings (SSSR count). The van der Waals surface area contributed by atoms with Crippen LogP contribution >= 0.6 is 0 Å². The molecule has 1 aromatic carbocycles. The fraction of sp³-hybridized carbons (Fsp3) is 0.467. The zero-order chi connectivity index (χ0) is 15.1. The van der Waals surface area contributed by atoms with Crippen LogP contribution in [0.15, 0.2) is 30.3 Å². The largest absolute Gasteiger partial charge is 0.354 e. The van der Waals surface area contributed by atoms with E-state index in [9.17, 15) is 4.79 Å². The Hall–Kier alpha value is -2.24. The number of amides is 1. The van der Waals surface area contributed by atoms with E-state index in [0.717, 1.165) is 24.8 Å². The molecule has 0 aliphatic carbocycles. The van der Waals surface area contributed by atoms with Crippen LogP contribution in [0.4, 0.5) is 0 Å². The monoisotopic (exact) mass is 287 g/mol. The summed E-state index contributed by atoms with van der Waals surface area (Å²) in [6.07, 6.45) is 3.25. The average molecular weight is 287 g/mol. The van der Waals surface area contributed by atoms with Gasteiger partial charge in [0.25, 0.3) is 0 Å². The highest BCUT2D eigenvalue weighted by atomic mass is 16.2. The van der Waals surface area contributed by atoms with E-state index < -0.39 is 6.04 Å². The maximum absolute atomic E-state index is 12.0. The minimum Gasteiger partial charge on any atom is -0.354 e. The molecule has 0 bridgehead atoms. The molecule has 0 aliphatic rings. The van der Waals surface area contributed by atoms with Gasteiger partial charge in [0.15, 0.2) is 0 Å². The normalized spacial score (nSPS) is 12.1. The predicted octanol–water partition coefficient (Wildman–Crippen LogP) is 2.21.